The van der Waals surface area contributed by atoms with Gasteiger partial charge in [-0.2, -0.15) is 0 Å². The van der Waals surface area contributed by atoms with Crippen LogP contribution in [-0.4, -0.2) is 47.4 Å². The molecule has 0 aliphatic carbocycles. The van der Waals surface area contributed by atoms with E-state index in [2.05, 4.69) is 31.3 Å². The Bertz CT molecular complexity index is 1080. The molecule has 0 aromatic heterocycles. The number of aliphatic hydroxyl groups excluding tert-OH is 2. The van der Waals surface area contributed by atoms with Crippen molar-refractivity contribution in [3.63, 3.8) is 0 Å². The van der Waals surface area contributed by atoms with E-state index >= 15 is 0 Å². The summed E-state index contributed by atoms with van der Waals surface area (Å²) in [5.41, 5.74) is 0. The molecule has 6 nitrogen and oxygen atoms in total. The third-order valence-electron chi connectivity index (χ3n) is 15.6. The van der Waals surface area contributed by atoms with Gasteiger partial charge >= 0.3 is 5.97 Å². The van der Waals surface area contributed by atoms with Crippen molar-refractivity contribution >= 4 is 11.9 Å². The maximum Gasteiger partial charge on any atom is 0.305 e. The minimum Gasteiger partial charge on any atom is -0.466 e. The topological polar surface area (TPSA) is 95.9 Å². The summed E-state index contributed by atoms with van der Waals surface area (Å²) >= 11 is 0. The second-order valence-electron chi connectivity index (χ2n) is 22.8. The van der Waals surface area contributed by atoms with Gasteiger partial charge in [0.2, 0.25) is 5.91 Å². The number of nitrogens with one attached hydrogen (secondary N) is 1. The van der Waals surface area contributed by atoms with Gasteiger partial charge in [-0.25, -0.2) is 0 Å². The molecule has 1 amide bonds. The predicted molar refractivity (Wildman–Crippen MR) is 315 cm³/mol. The van der Waals surface area contributed by atoms with Crippen molar-refractivity contribution < 1.29 is 24.5 Å². The van der Waals surface area contributed by atoms with Gasteiger partial charge in [0.25, 0.3) is 0 Å². The zero-order chi connectivity index (χ0) is 52.2. The fourth-order valence-corrected chi connectivity index (χ4v) is 10.5. The van der Waals surface area contributed by atoms with Crippen LogP contribution in [-0.2, 0) is 14.3 Å². The largest absolute Gasteiger partial charge is 0.466 e. The van der Waals surface area contributed by atoms with E-state index in [4.69, 9.17) is 4.74 Å². The number of hydrogen-bond acceptors (Lipinski definition) is 5. The van der Waals surface area contributed by atoms with Crippen molar-refractivity contribution in [3.05, 3.63) is 12.2 Å². The standard InChI is InChI=1S/C66H129NO5/c1-3-5-7-9-11-13-15-16-17-18-19-23-26-29-32-35-39-42-46-50-54-58-64(69)63(62-68)67-65(70)59-55-51-47-43-40-36-33-30-27-24-21-20-22-25-28-31-34-37-41-45-49-53-57-61-72-66(71)60-56-52-48-44-38-14-12-10-8-6-4-2/h10,12,63-64,68-69H,3-9,11,13-62H2,1-2H3,(H,67,70)/b12-10-. The van der Waals surface area contributed by atoms with E-state index in [1.165, 1.54) is 295 Å². The first-order valence-electron chi connectivity index (χ1n) is 32.9. The molecule has 0 saturated carbocycles. The Labute approximate surface area is 450 Å². The van der Waals surface area contributed by atoms with E-state index in [0.717, 1.165) is 44.9 Å². The molecule has 0 rings (SSSR count). The average molecular weight is 1020 g/mol. The molecule has 0 saturated heterocycles. The number of allylic oxidation sites excluding steroid dienone is 2. The van der Waals surface area contributed by atoms with Crippen LogP contribution >= 0.6 is 0 Å². The van der Waals surface area contributed by atoms with Gasteiger partial charge in [0.05, 0.1) is 25.4 Å². The van der Waals surface area contributed by atoms with E-state index < -0.39 is 12.1 Å². The maximum absolute atomic E-state index is 12.5. The van der Waals surface area contributed by atoms with Crippen LogP contribution in [0, 0.1) is 0 Å². The first-order chi connectivity index (χ1) is 35.5. The number of aliphatic hydroxyl groups is 2. The molecule has 0 aliphatic rings. The van der Waals surface area contributed by atoms with E-state index in [0.29, 0.717) is 25.9 Å². The molecule has 3 N–H and O–H groups in total. The third-order valence-corrected chi connectivity index (χ3v) is 15.6. The molecule has 72 heavy (non-hydrogen) atoms. The van der Waals surface area contributed by atoms with Gasteiger partial charge in [0.15, 0.2) is 0 Å². The van der Waals surface area contributed by atoms with Gasteiger partial charge < -0.3 is 20.3 Å². The van der Waals surface area contributed by atoms with Crippen LogP contribution in [0.1, 0.15) is 373 Å². The number of carbonyl (C=O) groups is 2. The van der Waals surface area contributed by atoms with Crippen LogP contribution in [0.5, 0.6) is 0 Å². The van der Waals surface area contributed by atoms with Crippen molar-refractivity contribution in [3.8, 4) is 0 Å². The van der Waals surface area contributed by atoms with Crippen LogP contribution in [0.3, 0.4) is 0 Å². The molecule has 0 radical (unpaired) electrons. The lowest BCUT2D eigenvalue weighted by atomic mass is 10.0. The number of amides is 1. The summed E-state index contributed by atoms with van der Waals surface area (Å²) in [4.78, 5) is 24.5. The van der Waals surface area contributed by atoms with Gasteiger partial charge in [0, 0.05) is 12.8 Å². The maximum atomic E-state index is 12.5. The Morgan fingerprint density at radius 2 is 0.667 bits per heavy atom. The number of unbranched alkanes of at least 4 members (excludes halogenated alkanes) is 49. The molecule has 428 valence electrons. The van der Waals surface area contributed by atoms with Crippen LogP contribution in [0.4, 0.5) is 0 Å². The minimum absolute atomic E-state index is 0.00419. The zero-order valence-corrected chi connectivity index (χ0v) is 48.9. The molecule has 0 spiro atoms. The van der Waals surface area contributed by atoms with E-state index in [1.54, 1.807) is 0 Å². The van der Waals surface area contributed by atoms with Crippen molar-refractivity contribution in [2.24, 2.45) is 0 Å². The third kappa shape index (κ3) is 57.9. The van der Waals surface area contributed by atoms with E-state index in [1.807, 2.05) is 0 Å². The summed E-state index contributed by atoms with van der Waals surface area (Å²) in [6, 6.07) is -0.541. The molecule has 2 atom stereocenters. The Kier molecular flexibility index (Phi) is 60.9. The van der Waals surface area contributed by atoms with Crippen LogP contribution in [0.2, 0.25) is 0 Å². The Balaban J connectivity index is 3.38. The Hall–Kier alpha value is -1.40. The normalized spacial score (nSPS) is 12.6. The highest BCUT2D eigenvalue weighted by atomic mass is 16.5. The van der Waals surface area contributed by atoms with Crippen molar-refractivity contribution in [1.29, 1.82) is 0 Å². The summed E-state index contributed by atoms with van der Waals surface area (Å²) in [5, 5.41) is 23.4. The second-order valence-corrected chi connectivity index (χ2v) is 22.8. The number of hydrogen-bond donors (Lipinski definition) is 3. The first kappa shape index (κ1) is 70.6. The molecule has 0 heterocycles. The monoisotopic (exact) mass is 1020 g/mol. The Morgan fingerprint density at radius 3 is 1.03 bits per heavy atom. The Morgan fingerprint density at radius 1 is 0.375 bits per heavy atom. The summed E-state index contributed by atoms with van der Waals surface area (Å²) in [5.74, 6) is -0.0259. The quantitative estimate of drug-likeness (QED) is 0.0320. The molecule has 0 aromatic rings. The molecule has 0 aromatic carbocycles. The first-order valence-corrected chi connectivity index (χ1v) is 32.9. The number of esters is 1. The van der Waals surface area contributed by atoms with Crippen molar-refractivity contribution in [1.82, 2.24) is 5.32 Å². The molecular weight excluding hydrogens is 887 g/mol. The average Bonchev–Trinajstić information content (AvgIpc) is 3.38. The SMILES string of the molecule is CCCC/C=C\CCCCCCCC(=O)OCCCCCCCCCCCCCCCCCCCCCCCCCC(=O)NC(CO)C(O)CCCCCCCCCCCCCCCCCCCCCCC. The van der Waals surface area contributed by atoms with Crippen molar-refractivity contribution in [2.45, 2.75) is 386 Å². The molecule has 0 fully saturated rings. The molecular formula is C66H129NO5. The highest BCUT2D eigenvalue weighted by molar-refractivity contribution is 5.76. The number of rotatable bonds is 62. The van der Waals surface area contributed by atoms with Crippen LogP contribution in [0.15, 0.2) is 12.2 Å². The van der Waals surface area contributed by atoms with Crippen LogP contribution < -0.4 is 5.32 Å². The van der Waals surface area contributed by atoms with E-state index in [-0.39, 0.29) is 18.5 Å². The summed E-state index contributed by atoms with van der Waals surface area (Å²) in [6.45, 7) is 4.95. The van der Waals surface area contributed by atoms with Gasteiger partial charge in [-0.15, -0.1) is 0 Å². The summed E-state index contributed by atoms with van der Waals surface area (Å²) < 4.78 is 5.46. The lowest BCUT2D eigenvalue weighted by Crippen LogP contribution is -2.45. The highest BCUT2D eigenvalue weighted by Crippen LogP contribution is 2.19. The van der Waals surface area contributed by atoms with Crippen LogP contribution in [0.25, 0.3) is 0 Å². The lowest BCUT2D eigenvalue weighted by Gasteiger charge is -2.22. The number of carbonyl (C=O) groups excluding carboxylic acids is 2. The van der Waals surface area contributed by atoms with Gasteiger partial charge in [-0.3, -0.25) is 9.59 Å². The summed E-state index contributed by atoms with van der Waals surface area (Å²) in [6.07, 6.45) is 75.2. The molecule has 2 unspecified atom stereocenters. The lowest BCUT2D eigenvalue weighted by molar-refractivity contribution is -0.143. The minimum atomic E-state index is -0.664. The predicted octanol–water partition coefficient (Wildman–Crippen LogP) is 20.8. The van der Waals surface area contributed by atoms with Crippen molar-refractivity contribution in [2.75, 3.05) is 13.2 Å². The molecule has 6 heteroatoms. The fraction of sp³-hybridized carbons (Fsp3) is 0.939. The highest BCUT2D eigenvalue weighted by Gasteiger charge is 2.20. The fourth-order valence-electron chi connectivity index (χ4n) is 10.5. The van der Waals surface area contributed by atoms with Gasteiger partial charge in [0.1, 0.15) is 0 Å². The number of ether oxygens (including phenoxy) is 1. The molecule has 0 bridgehead atoms. The van der Waals surface area contributed by atoms with E-state index in [9.17, 15) is 19.8 Å². The summed E-state index contributed by atoms with van der Waals surface area (Å²) in [7, 11) is 0. The van der Waals surface area contributed by atoms with Gasteiger partial charge in [-0.05, 0) is 44.9 Å². The molecule has 0 aliphatic heterocycles. The second kappa shape index (κ2) is 62.1. The zero-order valence-electron chi connectivity index (χ0n) is 48.9. The smallest absolute Gasteiger partial charge is 0.305 e. The van der Waals surface area contributed by atoms with Gasteiger partial charge in [-0.1, -0.05) is 328 Å².